The summed E-state index contributed by atoms with van der Waals surface area (Å²) in [6.45, 7) is 3.07. The molecular formula is C20H22N4O2S. The summed E-state index contributed by atoms with van der Waals surface area (Å²) in [5, 5.41) is 13.6. The van der Waals surface area contributed by atoms with E-state index >= 15 is 0 Å². The molecule has 3 aromatic rings. The van der Waals surface area contributed by atoms with Gasteiger partial charge in [-0.3, -0.25) is 0 Å². The van der Waals surface area contributed by atoms with Gasteiger partial charge < -0.3 is 9.47 Å². The fourth-order valence-corrected chi connectivity index (χ4v) is 2.77. The Balaban J connectivity index is 1.75. The van der Waals surface area contributed by atoms with Gasteiger partial charge in [-0.25, -0.2) is 0 Å². The third-order valence-electron chi connectivity index (χ3n) is 3.62. The monoisotopic (exact) mass is 382 g/mol. The van der Waals surface area contributed by atoms with E-state index in [1.807, 2.05) is 60.9 Å². The maximum absolute atomic E-state index is 5.78. The zero-order valence-corrected chi connectivity index (χ0v) is 16.2. The molecule has 0 radical (unpaired) electrons. The van der Waals surface area contributed by atoms with Gasteiger partial charge in [-0.05, 0) is 42.5 Å². The molecule has 0 N–H and O–H groups in total. The number of benzene rings is 2. The van der Waals surface area contributed by atoms with Crippen LogP contribution in [0.3, 0.4) is 0 Å². The van der Waals surface area contributed by atoms with Gasteiger partial charge in [-0.15, -0.1) is 10.2 Å². The fraction of sp³-hybridized carbons (Fsp3) is 0.250. The number of aromatic nitrogens is 3. The molecule has 0 aliphatic carbocycles. The summed E-state index contributed by atoms with van der Waals surface area (Å²) in [5.41, 5.74) is 0.944. The molecule has 0 spiro atoms. The predicted molar refractivity (Wildman–Crippen MR) is 108 cm³/mol. The molecule has 0 aliphatic heterocycles. The first-order valence-corrected chi connectivity index (χ1v) is 9.96. The van der Waals surface area contributed by atoms with Crippen LogP contribution in [0, 0.1) is 0 Å². The van der Waals surface area contributed by atoms with Crippen molar-refractivity contribution in [3.63, 3.8) is 0 Å². The van der Waals surface area contributed by atoms with E-state index in [9.17, 15) is 0 Å². The third kappa shape index (κ3) is 5.34. The maximum atomic E-state index is 5.78. The Morgan fingerprint density at radius 1 is 1.04 bits per heavy atom. The highest BCUT2D eigenvalue weighted by Gasteiger charge is 2.11. The summed E-state index contributed by atoms with van der Waals surface area (Å²) in [5.74, 6) is 2.25. The summed E-state index contributed by atoms with van der Waals surface area (Å²) in [7, 11) is 0. The molecule has 0 fully saturated rings. The number of nitrogens with zero attached hydrogens (tertiary/aromatic N) is 4. The molecule has 0 aliphatic rings. The van der Waals surface area contributed by atoms with Crippen molar-refractivity contribution >= 4 is 18.0 Å². The summed E-state index contributed by atoms with van der Waals surface area (Å²) < 4.78 is 13.2. The minimum Gasteiger partial charge on any atom is -0.494 e. The largest absolute Gasteiger partial charge is 0.494 e. The Morgan fingerprint density at radius 2 is 1.85 bits per heavy atom. The quantitative estimate of drug-likeness (QED) is 0.409. The summed E-state index contributed by atoms with van der Waals surface area (Å²) in [6, 6.07) is 17.4. The van der Waals surface area contributed by atoms with Crippen LogP contribution >= 0.6 is 11.8 Å². The van der Waals surface area contributed by atoms with Crippen molar-refractivity contribution in [2.45, 2.75) is 25.1 Å². The highest BCUT2D eigenvalue weighted by atomic mass is 32.2. The van der Waals surface area contributed by atoms with Crippen molar-refractivity contribution in [2.75, 3.05) is 12.9 Å². The first-order valence-electron chi connectivity index (χ1n) is 8.73. The van der Waals surface area contributed by atoms with Crippen LogP contribution in [0.4, 0.5) is 0 Å². The van der Waals surface area contributed by atoms with E-state index in [4.69, 9.17) is 9.47 Å². The molecule has 1 heterocycles. The smallest absolute Gasteiger partial charge is 0.211 e. The topological polar surface area (TPSA) is 61.5 Å². The van der Waals surface area contributed by atoms with Crippen molar-refractivity contribution in [3.8, 4) is 11.5 Å². The summed E-state index contributed by atoms with van der Waals surface area (Å²) in [4.78, 5) is 0. The van der Waals surface area contributed by atoms with Crippen LogP contribution in [-0.4, -0.2) is 34.0 Å². The number of para-hydroxylation sites is 1. The normalized spacial score (nSPS) is 11.0. The van der Waals surface area contributed by atoms with Crippen LogP contribution in [0.15, 0.2) is 64.9 Å². The van der Waals surface area contributed by atoms with E-state index in [0.29, 0.717) is 17.6 Å². The van der Waals surface area contributed by atoms with Gasteiger partial charge in [0.15, 0.2) is 5.82 Å². The van der Waals surface area contributed by atoms with E-state index < -0.39 is 0 Å². The van der Waals surface area contributed by atoms with E-state index in [-0.39, 0.29) is 6.61 Å². The number of hydrogen-bond acceptors (Lipinski definition) is 6. The van der Waals surface area contributed by atoms with Gasteiger partial charge in [0.25, 0.3) is 0 Å². The number of thioether (sulfide) groups is 1. The molecule has 6 nitrogen and oxygen atoms in total. The van der Waals surface area contributed by atoms with Crippen LogP contribution in [0.2, 0.25) is 0 Å². The lowest BCUT2D eigenvalue weighted by Gasteiger charge is -2.06. The third-order valence-corrected chi connectivity index (χ3v) is 4.24. The molecule has 27 heavy (non-hydrogen) atoms. The Labute approximate surface area is 163 Å². The van der Waals surface area contributed by atoms with Crippen LogP contribution in [-0.2, 0) is 6.61 Å². The molecule has 1 aromatic heterocycles. The van der Waals surface area contributed by atoms with Crippen LogP contribution in [0.25, 0.3) is 0 Å². The highest BCUT2D eigenvalue weighted by molar-refractivity contribution is 7.98. The van der Waals surface area contributed by atoms with Crippen molar-refractivity contribution in [1.82, 2.24) is 14.9 Å². The summed E-state index contributed by atoms with van der Waals surface area (Å²) >= 11 is 1.48. The molecule has 3 rings (SSSR count). The molecule has 0 saturated carbocycles. The van der Waals surface area contributed by atoms with Gasteiger partial charge in [0, 0.05) is 0 Å². The minimum atomic E-state index is 0.286. The van der Waals surface area contributed by atoms with Crippen molar-refractivity contribution in [2.24, 2.45) is 5.10 Å². The number of rotatable bonds is 9. The minimum absolute atomic E-state index is 0.286. The first-order chi connectivity index (χ1) is 13.3. The average Bonchev–Trinajstić information content (AvgIpc) is 3.12. The molecule has 140 valence electrons. The van der Waals surface area contributed by atoms with E-state index in [1.54, 1.807) is 10.9 Å². The van der Waals surface area contributed by atoms with Crippen molar-refractivity contribution < 1.29 is 9.47 Å². The van der Waals surface area contributed by atoms with E-state index in [1.165, 1.54) is 11.8 Å². The average molecular weight is 382 g/mol. The Hall–Kier alpha value is -2.80. The molecule has 2 aromatic carbocycles. The Kier molecular flexibility index (Phi) is 6.87. The summed E-state index contributed by atoms with van der Waals surface area (Å²) in [6.07, 6.45) is 4.69. The second kappa shape index (κ2) is 9.78. The lowest BCUT2D eigenvalue weighted by atomic mass is 10.2. The molecule has 0 saturated heterocycles. The number of hydrogen-bond donors (Lipinski definition) is 0. The molecule has 0 amide bonds. The maximum Gasteiger partial charge on any atom is 0.211 e. The zero-order valence-electron chi connectivity index (χ0n) is 15.4. The first kappa shape index (κ1) is 19.0. The predicted octanol–water partition coefficient (Wildman–Crippen LogP) is 4.25. The Morgan fingerprint density at radius 3 is 2.63 bits per heavy atom. The zero-order chi connectivity index (χ0) is 18.9. The van der Waals surface area contributed by atoms with E-state index in [0.717, 1.165) is 23.5 Å². The van der Waals surface area contributed by atoms with Gasteiger partial charge >= 0.3 is 0 Å². The molecule has 0 bridgehead atoms. The van der Waals surface area contributed by atoms with Crippen LogP contribution in [0.5, 0.6) is 11.5 Å². The van der Waals surface area contributed by atoms with Crippen molar-refractivity contribution in [3.05, 3.63) is 66.0 Å². The van der Waals surface area contributed by atoms with Crippen LogP contribution < -0.4 is 9.47 Å². The van der Waals surface area contributed by atoms with Crippen molar-refractivity contribution in [1.29, 1.82) is 0 Å². The van der Waals surface area contributed by atoms with Gasteiger partial charge in [-0.1, -0.05) is 49.0 Å². The van der Waals surface area contributed by atoms with Gasteiger partial charge in [0.2, 0.25) is 5.16 Å². The number of ether oxygens (including phenoxy) is 2. The van der Waals surface area contributed by atoms with Gasteiger partial charge in [0.1, 0.15) is 18.1 Å². The molecular weight excluding hydrogens is 360 g/mol. The fourth-order valence-electron chi connectivity index (χ4n) is 2.32. The van der Waals surface area contributed by atoms with Gasteiger partial charge in [0.05, 0.1) is 12.8 Å². The van der Waals surface area contributed by atoms with E-state index in [2.05, 4.69) is 22.2 Å². The SMILES string of the molecule is CCCOc1cccc(/C=N\n2c(COc3ccccc3)nnc2SC)c1. The lowest BCUT2D eigenvalue weighted by Crippen LogP contribution is -2.05. The lowest BCUT2D eigenvalue weighted by molar-refractivity contribution is 0.290. The highest BCUT2D eigenvalue weighted by Crippen LogP contribution is 2.17. The second-order valence-electron chi connectivity index (χ2n) is 5.68. The molecule has 7 heteroatoms. The molecule has 0 atom stereocenters. The standard InChI is InChI=1S/C20H22N4O2S/c1-3-12-25-18-11-7-8-16(13-18)14-21-24-19(22-23-20(24)27-2)15-26-17-9-5-4-6-10-17/h4-11,13-14H,3,12,15H2,1-2H3/b21-14-. The molecule has 0 unspecified atom stereocenters. The Bertz CT molecular complexity index is 881. The van der Waals surface area contributed by atoms with Crippen LogP contribution in [0.1, 0.15) is 24.7 Å². The second-order valence-corrected chi connectivity index (χ2v) is 6.46. The van der Waals surface area contributed by atoms with Gasteiger partial charge in [-0.2, -0.15) is 9.78 Å².